The number of hydrogen-bond acceptors (Lipinski definition) is 5. The van der Waals surface area contributed by atoms with Crippen LogP contribution in [0.25, 0.3) is 11.2 Å². The van der Waals surface area contributed by atoms with Crippen molar-refractivity contribution < 1.29 is 9.47 Å². The minimum absolute atomic E-state index is 0.242. The number of benzene rings is 1. The standard InChI is InChI=1S/C16H16N4O4/c1-9-5-3-4-6-11(9)23-8-10-7-20-12-13(17-16(20)24-10)19(2)15(22)18-14(12)21/h3-6,10H,7-8H2,1-2H3,(H,18,21,22)/t10-/m0/s1. The van der Waals surface area contributed by atoms with Crippen LogP contribution in [0.3, 0.4) is 0 Å². The van der Waals surface area contributed by atoms with Gasteiger partial charge in [0.1, 0.15) is 12.4 Å². The SMILES string of the molecule is Cc1ccccc1OC[C@@H]1Cn2c(nc3c2c(=O)[nH]c(=O)n3C)O1. The van der Waals surface area contributed by atoms with Gasteiger partial charge < -0.3 is 9.47 Å². The molecule has 24 heavy (non-hydrogen) atoms. The summed E-state index contributed by atoms with van der Waals surface area (Å²) >= 11 is 0. The lowest BCUT2D eigenvalue weighted by atomic mass is 10.2. The van der Waals surface area contributed by atoms with E-state index in [1.54, 1.807) is 11.6 Å². The van der Waals surface area contributed by atoms with Crippen LogP contribution in [0, 0.1) is 6.92 Å². The van der Waals surface area contributed by atoms with Crippen molar-refractivity contribution in [3.63, 3.8) is 0 Å². The van der Waals surface area contributed by atoms with E-state index >= 15 is 0 Å². The molecule has 8 nitrogen and oxygen atoms in total. The predicted molar refractivity (Wildman–Crippen MR) is 86.7 cm³/mol. The normalized spacial score (nSPS) is 16.2. The molecule has 0 aliphatic carbocycles. The number of nitrogens with one attached hydrogen (secondary N) is 1. The number of H-pyrrole nitrogens is 1. The van der Waals surface area contributed by atoms with Gasteiger partial charge in [-0.15, -0.1) is 0 Å². The van der Waals surface area contributed by atoms with Crippen LogP contribution in [0.5, 0.6) is 11.8 Å². The molecule has 2 aromatic heterocycles. The highest BCUT2D eigenvalue weighted by atomic mass is 16.6. The molecule has 8 heteroatoms. The fraction of sp³-hybridized carbons (Fsp3) is 0.312. The van der Waals surface area contributed by atoms with Crippen LogP contribution in [-0.2, 0) is 13.6 Å². The Labute approximate surface area is 136 Å². The summed E-state index contributed by atoms with van der Waals surface area (Å²) in [5, 5.41) is 0. The van der Waals surface area contributed by atoms with Crippen LogP contribution in [0.15, 0.2) is 33.9 Å². The molecule has 0 amide bonds. The van der Waals surface area contributed by atoms with Gasteiger partial charge in [0, 0.05) is 7.05 Å². The molecule has 1 aromatic carbocycles. The fourth-order valence-electron chi connectivity index (χ4n) is 2.85. The molecule has 1 aliphatic heterocycles. The highest BCUT2D eigenvalue weighted by Crippen LogP contribution is 2.26. The molecule has 0 fully saturated rings. The molecular formula is C16H16N4O4. The maximum Gasteiger partial charge on any atom is 0.329 e. The van der Waals surface area contributed by atoms with Crippen LogP contribution >= 0.6 is 0 Å². The average Bonchev–Trinajstić information content (AvgIpc) is 3.09. The van der Waals surface area contributed by atoms with Gasteiger partial charge >= 0.3 is 5.69 Å². The highest BCUT2D eigenvalue weighted by Gasteiger charge is 2.29. The summed E-state index contributed by atoms with van der Waals surface area (Å²) in [6, 6.07) is 8.07. The van der Waals surface area contributed by atoms with Gasteiger partial charge in [0.25, 0.3) is 11.6 Å². The van der Waals surface area contributed by atoms with E-state index in [9.17, 15) is 9.59 Å². The molecule has 3 heterocycles. The van der Waals surface area contributed by atoms with E-state index in [0.29, 0.717) is 30.3 Å². The maximum absolute atomic E-state index is 12.1. The summed E-state index contributed by atoms with van der Waals surface area (Å²) in [4.78, 5) is 30.3. The first-order valence-corrected chi connectivity index (χ1v) is 7.59. The van der Waals surface area contributed by atoms with E-state index in [-0.39, 0.29) is 6.10 Å². The molecule has 1 aliphatic rings. The zero-order valence-electron chi connectivity index (χ0n) is 13.3. The third-order valence-corrected chi connectivity index (χ3v) is 4.15. The molecule has 0 radical (unpaired) electrons. The lowest BCUT2D eigenvalue weighted by Gasteiger charge is -2.13. The molecule has 0 spiro atoms. The largest absolute Gasteiger partial charge is 0.489 e. The zero-order valence-corrected chi connectivity index (χ0v) is 13.3. The van der Waals surface area contributed by atoms with Crippen molar-refractivity contribution in [3.05, 3.63) is 50.7 Å². The number of hydrogen-bond donors (Lipinski definition) is 1. The van der Waals surface area contributed by atoms with Crippen molar-refractivity contribution >= 4 is 11.2 Å². The zero-order chi connectivity index (χ0) is 16.8. The lowest BCUT2D eigenvalue weighted by molar-refractivity contribution is 0.143. The Morgan fingerprint density at radius 1 is 1.38 bits per heavy atom. The second kappa shape index (κ2) is 5.26. The van der Waals surface area contributed by atoms with Gasteiger partial charge in [-0.05, 0) is 18.6 Å². The van der Waals surface area contributed by atoms with Gasteiger partial charge in [0.05, 0.1) is 6.54 Å². The molecule has 0 bridgehead atoms. The number of imidazole rings is 1. The number of fused-ring (bicyclic) bond motifs is 3. The van der Waals surface area contributed by atoms with Crippen LogP contribution in [0.2, 0.25) is 0 Å². The lowest BCUT2D eigenvalue weighted by Crippen LogP contribution is -2.30. The van der Waals surface area contributed by atoms with E-state index in [2.05, 4.69) is 9.97 Å². The Bertz CT molecular complexity index is 1050. The van der Waals surface area contributed by atoms with Gasteiger partial charge in [-0.25, -0.2) is 4.79 Å². The van der Waals surface area contributed by atoms with E-state index in [0.717, 1.165) is 11.3 Å². The Kier molecular flexibility index (Phi) is 3.19. The second-order valence-corrected chi connectivity index (χ2v) is 5.81. The van der Waals surface area contributed by atoms with Gasteiger partial charge in [0.2, 0.25) is 0 Å². The van der Waals surface area contributed by atoms with Crippen LogP contribution in [0.1, 0.15) is 5.56 Å². The smallest absolute Gasteiger partial charge is 0.329 e. The summed E-state index contributed by atoms with van der Waals surface area (Å²) in [6.07, 6.45) is -0.242. The second-order valence-electron chi connectivity index (χ2n) is 5.81. The quantitative estimate of drug-likeness (QED) is 0.759. The first kappa shape index (κ1) is 14.6. The van der Waals surface area contributed by atoms with E-state index in [4.69, 9.17) is 9.47 Å². The minimum atomic E-state index is -0.497. The number of aromatic nitrogens is 4. The highest BCUT2D eigenvalue weighted by molar-refractivity contribution is 5.72. The van der Waals surface area contributed by atoms with Crippen molar-refractivity contribution in [3.8, 4) is 11.8 Å². The summed E-state index contributed by atoms with van der Waals surface area (Å²) < 4.78 is 14.5. The average molecular weight is 328 g/mol. The van der Waals surface area contributed by atoms with Crippen molar-refractivity contribution in [1.82, 2.24) is 19.1 Å². The number of ether oxygens (including phenoxy) is 2. The molecule has 4 rings (SSSR count). The Morgan fingerprint density at radius 3 is 2.96 bits per heavy atom. The van der Waals surface area contributed by atoms with Crippen molar-refractivity contribution in [2.24, 2.45) is 7.05 Å². The Morgan fingerprint density at radius 2 is 2.17 bits per heavy atom. The minimum Gasteiger partial charge on any atom is -0.489 e. The van der Waals surface area contributed by atoms with Gasteiger partial charge in [-0.2, -0.15) is 4.98 Å². The first-order valence-electron chi connectivity index (χ1n) is 7.59. The fourth-order valence-corrected chi connectivity index (χ4v) is 2.85. The van der Waals surface area contributed by atoms with E-state index in [1.165, 1.54) is 4.57 Å². The summed E-state index contributed by atoms with van der Waals surface area (Å²) in [7, 11) is 1.56. The third kappa shape index (κ3) is 2.18. The van der Waals surface area contributed by atoms with Crippen LogP contribution < -0.4 is 20.7 Å². The third-order valence-electron chi connectivity index (χ3n) is 4.15. The predicted octanol–water partition coefficient (Wildman–Crippen LogP) is 0.572. The topological polar surface area (TPSA) is 91.1 Å². The van der Waals surface area contributed by atoms with Gasteiger partial charge in [0.15, 0.2) is 17.3 Å². The van der Waals surface area contributed by atoms with Gasteiger partial charge in [-0.1, -0.05) is 18.2 Å². The summed E-state index contributed by atoms with van der Waals surface area (Å²) in [6.45, 7) is 2.77. The molecule has 1 atom stereocenters. The maximum atomic E-state index is 12.1. The molecule has 0 saturated carbocycles. The number of aryl methyl sites for hydroxylation is 2. The molecule has 0 saturated heterocycles. The molecule has 124 valence electrons. The van der Waals surface area contributed by atoms with Crippen molar-refractivity contribution in [1.29, 1.82) is 0 Å². The molecular weight excluding hydrogens is 312 g/mol. The Balaban J connectivity index is 1.59. The number of aromatic amines is 1. The van der Waals surface area contributed by atoms with Crippen molar-refractivity contribution in [2.45, 2.75) is 19.6 Å². The molecule has 1 N–H and O–H groups in total. The van der Waals surface area contributed by atoms with Crippen LogP contribution in [0.4, 0.5) is 0 Å². The first-order chi connectivity index (χ1) is 11.5. The van der Waals surface area contributed by atoms with E-state index < -0.39 is 11.2 Å². The van der Waals surface area contributed by atoms with Crippen molar-refractivity contribution in [2.75, 3.05) is 6.61 Å². The van der Waals surface area contributed by atoms with E-state index in [1.807, 2.05) is 31.2 Å². The monoisotopic (exact) mass is 328 g/mol. The molecule has 0 unspecified atom stereocenters. The Hall–Kier alpha value is -3.03. The number of rotatable bonds is 3. The molecule has 3 aromatic rings. The number of nitrogens with zero attached hydrogens (tertiary/aromatic N) is 3. The summed E-state index contributed by atoms with van der Waals surface area (Å²) in [5.74, 6) is 0.802. The summed E-state index contributed by atoms with van der Waals surface area (Å²) in [5.41, 5.74) is 0.743. The number of para-hydroxylation sites is 1. The van der Waals surface area contributed by atoms with Gasteiger partial charge in [-0.3, -0.25) is 18.9 Å². The van der Waals surface area contributed by atoms with Crippen LogP contribution in [-0.4, -0.2) is 31.8 Å².